The first-order valence-electron chi connectivity index (χ1n) is 13.9. The summed E-state index contributed by atoms with van der Waals surface area (Å²) in [6, 6.07) is 0. The molecule has 1 aromatic heterocycles. The summed E-state index contributed by atoms with van der Waals surface area (Å²) in [6.45, 7) is 21.0. The van der Waals surface area contributed by atoms with Crippen molar-refractivity contribution in [2.45, 2.75) is 67.2 Å². The molecule has 204 valence electrons. The summed E-state index contributed by atoms with van der Waals surface area (Å²) >= 11 is 0. The van der Waals surface area contributed by atoms with Crippen molar-refractivity contribution in [1.29, 1.82) is 0 Å². The highest BCUT2D eigenvalue weighted by Gasteiger charge is 2.11. The van der Waals surface area contributed by atoms with Crippen LogP contribution in [-0.4, -0.2) is 10.2 Å². The number of H-pyrrole nitrogens is 1. The third-order valence-corrected chi connectivity index (χ3v) is 6.46. The minimum absolute atomic E-state index is 0.935. The van der Waals surface area contributed by atoms with Crippen LogP contribution in [0.15, 0.2) is 138 Å². The number of nitrogens with one attached hydrogen (secondary N) is 1. The number of hydrogen-bond donors (Lipinski definition) is 1. The number of rotatable bonds is 12. The first-order valence-corrected chi connectivity index (χ1v) is 13.9. The van der Waals surface area contributed by atoms with Gasteiger partial charge in [-0.1, -0.05) is 123 Å². The number of nitrogens with zero attached hydrogens (tertiary/aromatic N) is 1. The molecule has 0 aromatic carbocycles. The largest absolute Gasteiger partial charge is 0.284 e. The second kappa shape index (κ2) is 16.8. The van der Waals surface area contributed by atoms with E-state index in [0.29, 0.717) is 0 Å². The highest BCUT2D eigenvalue weighted by atomic mass is 15.1. The standard InChI is InChI=1S/C37H46N2/c1-9-11-12-13-14-18-29(5)22-23-30(6)33(10-2)26-35-21-16-20-34(25-24-31(35)7)36-27-38-39-37(36)32(8)19-15-17-28(3)4/h10,13-17,19-27H,3,7,9,11-12,18H2,1-2,4-6,8H3,(H,38,39)/b14-13+,17-15-,21-16+,25-24-,29-22+,30-23+,32-19+,33-10+,34-20-,35-26-. The van der Waals surface area contributed by atoms with E-state index in [1.165, 1.54) is 36.0 Å². The van der Waals surface area contributed by atoms with Gasteiger partial charge in [0.2, 0.25) is 0 Å². The van der Waals surface area contributed by atoms with E-state index in [9.17, 15) is 0 Å². The Balaban J connectivity index is 2.23. The van der Waals surface area contributed by atoms with Crippen molar-refractivity contribution in [2.75, 3.05) is 0 Å². The minimum Gasteiger partial charge on any atom is -0.284 e. The van der Waals surface area contributed by atoms with Gasteiger partial charge in [-0.05, 0) is 87.0 Å². The van der Waals surface area contributed by atoms with Gasteiger partial charge in [-0.15, -0.1) is 0 Å². The number of unbranched alkanes of at least 4 members (excludes halogenated alkanes) is 2. The van der Waals surface area contributed by atoms with Crippen molar-refractivity contribution >= 4 is 11.1 Å². The van der Waals surface area contributed by atoms with E-state index in [1.807, 2.05) is 25.3 Å². The number of aromatic nitrogens is 2. The Kier molecular flexibility index (Phi) is 13.5. The van der Waals surface area contributed by atoms with Gasteiger partial charge in [-0.2, -0.15) is 5.10 Å². The van der Waals surface area contributed by atoms with E-state index in [0.717, 1.165) is 45.5 Å². The van der Waals surface area contributed by atoms with Crippen molar-refractivity contribution in [3.63, 3.8) is 0 Å². The van der Waals surface area contributed by atoms with Crippen molar-refractivity contribution in [3.05, 3.63) is 149 Å². The fraction of sp³-hybridized carbons (Fsp3) is 0.270. The second-order valence-electron chi connectivity index (χ2n) is 10.1. The lowest BCUT2D eigenvalue weighted by molar-refractivity contribution is 0.813. The zero-order valence-corrected chi connectivity index (χ0v) is 24.9. The fourth-order valence-corrected chi connectivity index (χ4v) is 4.00. The molecular formula is C37H46N2. The summed E-state index contributed by atoms with van der Waals surface area (Å²) in [4.78, 5) is 0. The van der Waals surface area contributed by atoms with Crippen LogP contribution < -0.4 is 0 Å². The topological polar surface area (TPSA) is 28.7 Å². The molecule has 1 aromatic rings. The average molecular weight is 519 g/mol. The van der Waals surface area contributed by atoms with Crippen LogP contribution >= 0.6 is 0 Å². The molecule has 0 atom stereocenters. The Morgan fingerprint density at radius 2 is 1.82 bits per heavy atom. The Labute approximate surface area is 237 Å². The molecule has 1 aliphatic rings. The molecule has 1 N–H and O–H groups in total. The molecule has 0 saturated carbocycles. The van der Waals surface area contributed by atoms with Crippen LogP contribution in [0.3, 0.4) is 0 Å². The normalized spacial score (nSPS) is 19.9. The Morgan fingerprint density at radius 1 is 1.03 bits per heavy atom. The molecule has 0 unspecified atom stereocenters. The van der Waals surface area contributed by atoms with E-state index < -0.39 is 0 Å². The summed E-state index contributed by atoms with van der Waals surface area (Å²) in [5, 5.41) is 7.53. The van der Waals surface area contributed by atoms with Crippen molar-refractivity contribution in [2.24, 2.45) is 0 Å². The van der Waals surface area contributed by atoms with Gasteiger partial charge in [-0.25, -0.2) is 0 Å². The lowest BCUT2D eigenvalue weighted by Gasteiger charge is -2.10. The Bertz CT molecular complexity index is 1320. The smallest absolute Gasteiger partial charge is 0.0955 e. The molecular weight excluding hydrogens is 472 g/mol. The predicted octanol–water partition coefficient (Wildman–Crippen LogP) is 10.9. The summed E-state index contributed by atoms with van der Waals surface area (Å²) in [5.41, 5.74) is 11.0. The van der Waals surface area contributed by atoms with Gasteiger partial charge >= 0.3 is 0 Å². The fourth-order valence-electron chi connectivity index (χ4n) is 4.00. The van der Waals surface area contributed by atoms with Crippen LogP contribution in [-0.2, 0) is 0 Å². The maximum atomic E-state index is 4.50. The first-order chi connectivity index (χ1) is 18.8. The number of allylic oxidation sites excluding steroid dienone is 22. The second-order valence-corrected chi connectivity index (χ2v) is 10.1. The third-order valence-electron chi connectivity index (χ3n) is 6.46. The zero-order chi connectivity index (χ0) is 28.6. The van der Waals surface area contributed by atoms with Crippen LogP contribution in [0.2, 0.25) is 0 Å². The third kappa shape index (κ3) is 10.8. The van der Waals surface area contributed by atoms with Gasteiger partial charge in [0.05, 0.1) is 5.69 Å². The molecule has 0 spiro atoms. The van der Waals surface area contributed by atoms with Crippen LogP contribution in [0.4, 0.5) is 0 Å². The van der Waals surface area contributed by atoms with E-state index in [4.69, 9.17) is 0 Å². The van der Waals surface area contributed by atoms with Crippen molar-refractivity contribution in [3.8, 4) is 0 Å². The molecule has 0 radical (unpaired) electrons. The lowest BCUT2D eigenvalue weighted by atomic mass is 9.95. The Hall–Kier alpha value is -3.91. The van der Waals surface area contributed by atoms with Crippen LogP contribution in [0.25, 0.3) is 11.1 Å². The molecule has 0 fully saturated rings. The maximum Gasteiger partial charge on any atom is 0.0955 e. The summed E-state index contributed by atoms with van der Waals surface area (Å²) in [5.74, 6) is 0. The van der Waals surface area contributed by atoms with E-state index in [-0.39, 0.29) is 0 Å². The molecule has 0 saturated heterocycles. The Morgan fingerprint density at radius 3 is 2.54 bits per heavy atom. The number of hydrogen-bond acceptors (Lipinski definition) is 1. The summed E-state index contributed by atoms with van der Waals surface area (Å²) in [7, 11) is 0. The lowest BCUT2D eigenvalue weighted by Crippen LogP contribution is -1.91. The molecule has 0 bridgehead atoms. The zero-order valence-electron chi connectivity index (χ0n) is 24.9. The molecule has 2 heteroatoms. The van der Waals surface area contributed by atoms with Crippen molar-refractivity contribution < 1.29 is 0 Å². The molecule has 1 aliphatic carbocycles. The van der Waals surface area contributed by atoms with Crippen LogP contribution in [0.1, 0.15) is 78.5 Å². The predicted molar refractivity (Wildman–Crippen MR) is 174 cm³/mol. The quantitative estimate of drug-likeness (QED) is 0.166. The first kappa shape index (κ1) is 31.3. The van der Waals surface area contributed by atoms with Gasteiger partial charge in [0.1, 0.15) is 0 Å². The van der Waals surface area contributed by atoms with Crippen molar-refractivity contribution in [1.82, 2.24) is 10.2 Å². The van der Waals surface area contributed by atoms with E-state index in [2.05, 4.69) is 131 Å². The maximum absolute atomic E-state index is 4.50. The molecule has 0 aliphatic heterocycles. The van der Waals surface area contributed by atoms with Gasteiger partial charge in [0.25, 0.3) is 0 Å². The number of aromatic amines is 1. The van der Waals surface area contributed by atoms with Gasteiger partial charge < -0.3 is 0 Å². The molecule has 2 rings (SSSR count). The molecule has 39 heavy (non-hydrogen) atoms. The minimum atomic E-state index is 0.935. The summed E-state index contributed by atoms with van der Waals surface area (Å²) < 4.78 is 0. The molecule has 2 nitrogen and oxygen atoms in total. The van der Waals surface area contributed by atoms with Crippen LogP contribution in [0, 0.1) is 0 Å². The van der Waals surface area contributed by atoms with E-state index >= 15 is 0 Å². The van der Waals surface area contributed by atoms with Gasteiger partial charge in [0, 0.05) is 11.8 Å². The molecule has 0 amide bonds. The van der Waals surface area contributed by atoms with Gasteiger partial charge in [-0.3, -0.25) is 5.10 Å². The SMILES string of the molecule is C=C(C)/C=C\C=C(/C)c1n[nH]cc1C1=C\C=C\C(=C\C(=C/C)C(\C)=C\C=C(/C)C/C=C/CCCC)C(=C)/C=C\1. The highest BCUT2D eigenvalue weighted by molar-refractivity contribution is 5.83. The summed E-state index contributed by atoms with van der Waals surface area (Å²) in [6.07, 6.45) is 36.6. The average Bonchev–Trinajstić information content (AvgIpc) is 3.39. The highest BCUT2D eigenvalue weighted by Crippen LogP contribution is 2.28. The molecule has 1 heterocycles. The van der Waals surface area contributed by atoms with E-state index in [1.54, 1.807) is 0 Å². The monoisotopic (exact) mass is 518 g/mol. The van der Waals surface area contributed by atoms with Gasteiger partial charge in [0.15, 0.2) is 0 Å². The van der Waals surface area contributed by atoms with Crippen LogP contribution in [0.5, 0.6) is 0 Å².